The lowest BCUT2D eigenvalue weighted by molar-refractivity contribution is 0.477. The molecule has 0 aliphatic rings. The minimum Gasteiger partial charge on any atom is -0.507 e. The molecule has 2 aromatic rings. The van der Waals surface area contributed by atoms with E-state index < -0.39 is 5.56 Å². The molecule has 96 valence electrons. The van der Waals surface area contributed by atoms with Gasteiger partial charge in [0.05, 0.1) is 0 Å². The Kier molecular flexibility index (Phi) is 3.18. The number of anilines is 1. The number of nitrogens with two attached hydrogens (primary N) is 1. The van der Waals surface area contributed by atoms with Gasteiger partial charge in [-0.25, -0.2) is 10.8 Å². The van der Waals surface area contributed by atoms with E-state index >= 15 is 0 Å². The van der Waals surface area contributed by atoms with Crippen LogP contribution in [0.2, 0.25) is 0 Å². The third kappa shape index (κ3) is 2.00. The van der Waals surface area contributed by atoms with Crippen LogP contribution in [0.15, 0.2) is 29.1 Å². The quantitative estimate of drug-likeness (QED) is 0.526. The monoisotopic (exact) mass is 257 g/mol. The lowest BCUT2D eigenvalue weighted by atomic mass is 10.1. The van der Waals surface area contributed by atoms with Crippen molar-refractivity contribution in [2.75, 3.05) is 5.43 Å². The number of aromatic nitrogens is 2. The average molecular weight is 257 g/mol. The summed E-state index contributed by atoms with van der Waals surface area (Å²) in [6.07, 6.45) is 0. The summed E-state index contributed by atoms with van der Waals surface area (Å²) in [5.41, 5.74) is 1.98. The Balaban J connectivity index is 2.85. The van der Waals surface area contributed by atoms with E-state index in [0.717, 1.165) is 4.57 Å². The third-order valence-electron chi connectivity index (χ3n) is 2.69. The predicted molar refractivity (Wildman–Crippen MR) is 69.1 cm³/mol. The zero-order valence-electron chi connectivity index (χ0n) is 10.1. The zero-order chi connectivity index (χ0) is 14.0. The molecule has 0 unspecified atom stereocenters. The molecular weight excluding hydrogens is 246 g/mol. The molecule has 1 aromatic carbocycles. The SMILES string of the molecule is Cn1c(NN)nc(-c2ccccc2O)c(C#N)c1=O. The Hall–Kier alpha value is -2.85. The van der Waals surface area contributed by atoms with Gasteiger partial charge in [-0.3, -0.25) is 14.8 Å². The molecule has 7 heteroatoms. The molecule has 2 rings (SSSR count). The summed E-state index contributed by atoms with van der Waals surface area (Å²) in [5.74, 6) is 5.31. The highest BCUT2D eigenvalue weighted by molar-refractivity contribution is 5.72. The second-order valence-corrected chi connectivity index (χ2v) is 3.80. The van der Waals surface area contributed by atoms with E-state index in [1.165, 1.54) is 13.1 Å². The van der Waals surface area contributed by atoms with Gasteiger partial charge < -0.3 is 5.11 Å². The summed E-state index contributed by atoms with van der Waals surface area (Å²) in [6.45, 7) is 0. The lowest BCUT2D eigenvalue weighted by Gasteiger charge is -2.11. The zero-order valence-corrected chi connectivity index (χ0v) is 10.1. The fourth-order valence-corrected chi connectivity index (χ4v) is 1.70. The first-order valence-electron chi connectivity index (χ1n) is 5.36. The van der Waals surface area contributed by atoms with Gasteiger partial charge in [-0.15, -0.1) is 0 Å². The molecule has 7 nitrogen and oxygen atoms in total. The molecule has 0 spiro atoms. The van der Waals surface area contributed by atoms with E-state index in [1.807, 2.05) is 0 Å². The van der Waals surface area contributed by atoms with Crippen molar-refractivity contribution in [1.82, 2.24) is 9.55 Å². The Morgan fingerprint density at radius 3 is 2.74 bits per heavy atom. The van der Waals surface area contributed by atoms with E-state index in [-0.39, 0.29) is 23.0 Å². The number of hydrogen-bond acceptors (Lipinski definition) is 6. The van der Waals surface area contributed by atoms with Crippen molar-refractivity contribution in [3.8, 4) is 23.1 Å². The smallest absolute Gasteiger partial charge is 0.273 e. The van der Waals surface area contributed by atoms with Gasteiger partial charge in [-0.05, 0) is 12.1 Å². The topological polar surface area (TPSA) is 117 Å². The minimum atomic E-state index is -0.538. The van der Waals surface area contributed by atoms with Crippen molar-refractivity contribution in [2.45, 2.75) is 0 Å². The van der Waals surface area contributed by atoms with Crippen LogP contribution in [0.3, 0.4) is 0 Å². The summed E-state index contributed by atoms with van der Waals surface area (Å²) in [7, 11) is 1.44. The van der Waals surface area contributed by atoms with E-state index in [0.29, 0.717) is 5.56 Å². The van der Waals surface area contributed by atoms with Gasteiger partial charge in [0.15, 0.2) is 0 Å². The number of phenols is 1. The first-order valence-corrected chi connectivity index (χ1v) is 5.36. The number of benzene rings is 1. The van der Waals surface area contributed by atoms with Crippen LogP contribution in [0, 0.1) is 11.3 Å². The molecule has 0 atom stereocenters. The average Bonchev–Trinajstić information content (AvgIpc) is 2.42. The first-order chi connectivity index (χ1) is 9.10. The third-order valence-corrected chi connectivity index (χ3v) is 2.69. The lowest BCUT2D eigenvalue weighted by Crippen LogP contribution is -2.27. The van der Waals surface area contributed by atoms with Gasteiger partial charge in [-0.2, -0.15) is 5.26 Å². The molecule has 0 fully saturated rings. The van der Waals surface area contributed by atoms with Crippen LogP contribution < -0.4 is 16.8 Å². The van der Waals surface area contributed by atoms with Crippen LogP contribution in [0.1, 0.15) is 5.56 Å². The molecule has 0 aliphatic carbocycles. The number of rotatable bonds is 2. The summed E-state index contributed by atoms with van der Waals surface area (Å²) < 4.78 is 1.13. The first kappa shape index (κ1) is 12.6. The highest BCUT2D eigenvalue weighted by Gasteiger charge is 2.17. The Bertz CT molecular complexity index is 730. The highest BCUT2D eigenvalue weighted by atomic mass is 16.3. The summed E-state index contributed by atoms with van der Waals surface area (Å²) in [4.78, 5) is 16.1. The Morgan fingerprint density at radius 2 is 2.16 bits per heavy atom. The number of nitriles is 1. The molecule has 0 amide bonds. The minimum absolute atomic E-state index is 0.0669. The number of hydrogen-bond donors (Lipinski definition) is 3. The molecule has 1 aromatic heterocycles. The van der Waals surface area contributed by atoms with Crippen molar-refractivity contribution in [3.05, 3.63) is 40.2 Å². The number of hydrazine groups is 1. The summed E-state index contributed by atoms with van der Waals surface area (Å²) in [5, 5.41) is 18.9. The van der Waals surface area contributed by atoms with E-state index in [2.05, 4.69) is 10.4 Å². The van der Waals surface area contributed by atoms with Crippen molar-refractivity contribution >= 4 is 5.95 Å². The molecule has 0 saturated carbocycles. The van der Waals surface area contributed by atoms with Gasteiger partial charge in [0.1, 0.15) is 23.1 Å². The molecule has 1 heterocycles. The Labute approximate surface area is 108 Å². The van der Waals surface area contributed by atoms with Gasteiger partial charge in [-0.1, -0.05) is 12.1 Å². The van der Waals surface area contributed by atoms with E-state index in [9.17, 15) is 9.90 Å². The number of para-hydroxylation sites is 1. The maximum atomic E-state index is 12.0. The van der Waals surface area contributed by atoms with E-state index in [1.54, 1.807) is 24.3 Å². The number of nitrogen functional groups attached to an aromatic ring is 1. The van der Waals surface area contributed by atoms with E-state index in [4.69, 9.17) is 11.1 Å². The largest absolute Gasteiger partial charge is 0.507 e. The predicted octanol–water partition coefficient (Wildman–Crippen LogP) is 0.310. The number of nitrogens with zero attached hydrogens (tertiary/aromatic N) is 3. The molecule has 0 aliphatic heterocycles. The van der Waals surface area contributed by atoms with Gasteiger partial charge >= 0.3 is 0 Å². The maximum Gasteiger partial charge on any atom is 0.273 e. The fraction of sp³-hybridized carbons (Fsp3) is 0.0833. The second kappa shape index (κ2) is 4.80. The van der Waals surface area contributed by atoms with Crippen molar-refractivity contribution in [3.63, 3.8) is 0 Å². The van der Waals surface area contributed by atoms with Gasteiger partial charge in [0, 0.05) is 12.6 Å². The maximum absolute atomic E-state index is 12.0. The number of phenolic OH excluding ortho intramolecular Hbond substituents is 1. The number of aromatic hydroxyl groups is 1. The second-order valence-electron chi connectivity index (χ2n) is 3.80. The van der Waals surface area contributed by atoms with Crippen molar-refractivity contribution in [1.29, 1.82) is 5.26 Å². The molecule has 0 bridgehead atoms. The highest BCUT2D eigenvalue weighted by Crippen LogP contribution is 2.28. The Morgan fingerprint density at radius 1 is 1.47 bits per heavy atom. The van der Waals surface area contributed by atoms with Crippen LogP contribution in [0.4, 0.5) is 5.95 Å². The molecule has 0 saturated heterocycles. The van der Waals surface area contributed by atoms with Crippen LogP contribution in [0.25, 0.3) is 11.3 Å². The van der Waals surface area contributed by atoms with Crippen molar-refractivity contribution in [2.24, 2.45) is 12.9 Å². The van der Waals surface area contributed by atoms with Gasteiger partial charge in [0.25, 0.3) is 5.56 Å². The summed E-state index contributed by atoms with van der Waals surface area (Å²) >= 11 is 0. The molecule has 4 N–H and O–H groups in total. The van der Waals surface area contributed by atoms with Crippen LogP contribution >= 0.6 is 0 Å². The normalized spacial score (nSPS) is 9.95. The van der Waals surface area contributed by atoms with Crippen molar-refractivity contribution < 1.29 is 5.11 Å². The fourth-order valence-electron chi connectivity index (χ4n) is 1.70. The standard InChI is InChI=1S/C12H11N5O2/c1-17-11(19)8(6-13)10(15-12(17)16-14)7-4-2-3-5-9(7)18/h2-5,18H,14H2,1H3,(H,15,16). The molecule has 19 heavy (non-hydrogen) atoms. The van der Waals surface area contributed by atoms with Crippen LogP contribution in [-0.2, 0) is 7.05 Å². The molecule has 0 radical (unpaired) electrons. The summed E-state index contributed by atoms with van der Waals surface area (Å²) in [6, 6.07) is 8.13. The van der Waals surface area contributed by atoms with Crippen LogP contribution in [-0.4, -0.2) is 14.7 Å². The number of nitrogens with one attached hydrogen (secondary N) is 1. The van der Waals surface area contributed by atoms with Gasteiger partial charge in [0.2, 0.25) is 5.95 Å². The molecular formula is C12H11N5O2. The van der Waals surface area contributed by atoms with Crippen LogP contribution in [0.5, 0.6) is 5.75 Å².